The number of carboxylic acids is 1. The molecule has 0 amide bonds. The predicted molar refractivity (Wildman–Crippen MR) is 46.6 cm³/mol. The van der Waals surface area contributed by atoms with Crippen LogP contribution in [0.5, 0.6) is 11.5 Å². The molecule has 1 rings (SSSR count). The molecule has 2 N–H and O–H groups in total. The molecule has 0 aromatic heterocycles. The van der Waals surface area contributed by atoms with E-state index in [0.29, 0.717) is 0 Å². The highest BCUT2D eigenvalue weighted by Crippen LogP contribution is 2.26. The van der Waals surface area contributed by atoms with Crippen LogP contribution in [0.3, 0.4) is 0 Å². The summed E-state index contributed by atoms with van der Waals surface area (Å²) in [6.07, 6.45) is 0. The van der Waals surface area contributed by atoms with Crippen LogP contribution in [0.15, 0.2) is 12.1 Å². The monoisotopic (exact) mass is 214 g/mol. The number of carbonyl (C=O) groups is 2. The molecule has 0 radical (unpaired) electrons. The van der Waals surface area contributed by atoms with Crippen LogP contribution in [0, 0.1) is 5.82 Å². The fourth-order valence-corrected chi connectivity index (χ4v) is 0.982. The molecule has 0 unspecified atom stereocenters. The Morgan fingerprint density at radius 1 is 1.40 bits per heavy atom. The molecule has 0 aliphatic carbocycles. The smallest absolute Gasteiger partial charge is 0.377 e. The molecular weight excluding hydrogens is 207 g/mol. The quantitative estimate of drug-likeness (QED) is 0.574. The maximum Gasteiger partial charge on any atom is 0.377 e. The molecule has 0 bridgehead atoms. The largest absolute Gasteiger partial charge is 0.505 e. The Balaban J connectivity index is 3.34. The summed E-state index contributed by atoms with van der Waals surface area (Å²) in [5.41, 5.74) is -0.737. The molecule has 0 fully saturated rings. The van der Waals surface area contributed by atoms with Gasteiger partial charge in [0.2, 0.25) is 0 Å². The van der Waals surface area contributed by atoms with Crippen molar-refractivity contribution in [1.29, 1.82) is 0 Å². The third kappa shape index (κ3) is 2.04. The number of Topliss-reactive ketones (excluding diaryl/α,β-unsaturated/α-hetero) is 1. The highest BCUT2D eigenvalue weighted by atomic mass is 19.1. The summed E-state index contributed by atoms with van der Waals surface area (Å²) in [5, 5.41) is 17.4. The predicted octanol–water partition coefficient (Wildman–Crippen LogP) is 0.807. The number of aliphatic carboxylic acids is 1. The van der Waals surface area contributed by atoms with Crippen LogP contribution in [0.1, 0.15) is 10.4 Å². The van der Waals surface area contributed by atoms with E-state index in [4.69, 9.17) is 10.2 Å². The first-order valence-corrected chi connectivity index (χ1v) is 3.81. The summed E-state index contributed by atoms with van der Waals surface area (Å²) >= 11 is 0. The number of hydrogen-bond acceptors (Lipinski definition) is 4. The third-order valence-electron chi connectivity index (χ3n) is 1.70. The first-order chi connectivity index (χ1) is 6.97. The van der Waals surface area contributed by atoms with Gasteiger partial charge in [-0.1, -0.05) is 0 Å². The van der Waals surface area contributed by atoms with Crippen molar-refractivity contribution >= 4 is 11.8 Å². The molecule has 0 spiro atoms. The Hall–Kier alpha value is -2.11. The number of aromatic hydroxyl groups is 1. The van der Waals surface area contributed by atoms with E-state index in [1.54, 1.807) is 0 Å². The number of carbonyl (C=O) groups excluding carboxylic acids is 1. The lowest BCUT2D eigenvalue weighted by molar-refractivity contribution is -0.131. The van der Waals surface area contributed by atoms with Crippen molar-refractivity contribution in [3.63, 3.8) is 0 Å². The Morgan fingerprint density at radius 3 is 2.47 bits per heavy atom. The molecule has 0 atom stereocenters. The zero-order valence-corrected chi connectivity index (χ0v) is 7.65. The molecule has 1 aromatic carbocycles. The van der Waals surface area contributed by atoms with Crippen LogP contribution in [0.4, 0.5) is 4.39 Å². The SMILES string of the molecule is COc1cc(O)c(F)c(C(=O)C(=O)O)c1. The number of ether oxygens (including phenoxy) is 1. The lowest BCUT2D eigenvalue weighted by Gasteiger charge is -2.05. The maximum atomic E-state index is 13.1. The summed E-state index contributed by atoms with van der Waals surface area (Å²) < 4.78 is 17.8. The summed E-state index contributed by atoms with van der Waals surface area (Å²) in [5.74, 6) is -5.36. The highest BCUT2D eigenvalue weighted by molar-refractivity contribution is 6.40. The van der Waals surface area contributed by atoms with Crippen LogP contribution < -0.4 is 4.74 Å². The van der Waals surface area contributed by atoms with E-state index >= 15 is 0 Å². The first-order valence-electron chi connectivity index (χ1n) is 3.81. The summed E-state index contributed by atoms with van der Waals surface area (Å²) in [6.45, 7) is 0. The van der Waals surface area contributed by atoms with Crippen molar-refractivity contribution in [1.82, 2.24) is 0 Å². The number of carboxylic acid groups (broad SMARTS) is 1. The van der Waals surface area contributed by atoms with Crippen LogP contribution in [-0.4, -0.2) is 29.1 Å². The van der Waals surface area contributed by atoms with Gasteiger partial charge in [-0.15, -0.1) is 0 Å². The van der Waals surface area contributed by atoms with Crippen LogP contribution >= 0.6 is 0 Å². The van der Waals surface area contributed by atoms with Crippen molar-refractivity contribution in [3.05, 3.63) is 23.5 Å². The van der Waals surface area contributed by atoms with Crippen molar-refractivity contribution in [3.8, 4) is 11.5 Å². The van der Waals surface area contributed by atoms with Gasteiger partial charge in [0.05, 0.1) is 12.7 Å². The van der Waals surface area contributed by atoms with Crippen molar-refractivity contribution in [2.24, 2.45) is 0 Å². The molecule has 1 aromatic rings. The molecule has 0 saturated heterocycles. The van der Waals surface area contributed by atoms with Crippen LogP contribution in [-0.2, 0) is 4.79 Å². The van der Waals surface area contributed by atoms with Crippen molar-refractivity contribution in [2.45, 2.75) is 0 Å². The molecule has 0 aliphatic rings. The van der Waals surface area contributed by atoms with Gasteiger partial charge in [-0.05, 0) is 6.07 Å². The Kier molecular flexibility index (Phi) is 2.89. The van der Waals surface area contributed by atoms with Gasteiger partial charge < -0.3 is 14.9 Å². The molecule has 15 heavy (non-hydrogen) atoms. The number of hydrogen-bond donors (Lipinski definition) is 2. The summed E-state index contributed by atoms with van der Waals surface area (Å²) in [6, 6.07) is 1.85. The highest BCUT2D eigenvalue weighted by Gasteiger charge is 2.22. The van der Waals surface area contributed by atoms with E-state index in [1.807, 2.05) is 0 Å². The zero-order valence-electron chi connectivity index (χ0n) is 7.65. The van der Waals surface area contributed by atoms with E-state index in [1.165, 1.54) is 7.11 Å². The van der Waals surface area contributed by atoms with Gasteiger partial charge in [0.15, 0.2) is 11.6 Å². The lowest BCUT2D eigenvalue weighted by Crippen LogP contribution is -2.14. The molecule has 6 heteroatoms. The lowest BCUT2D eigenvalue weighted by atomic mass is 10.1. The average molecular weight is 214 g/mol. The number of benzene rings is 1. The minimum atomic E-state index is -1.80. The molecule has 5 nitrogen and oxygen atoms in total. The molecular formula is C9H7FO5. The Bertz CT molecular complexity index is 427. The van der Waals surface area contributed by atoms with E-state index in [2.05, 4.69) is 4.74 Å². The average Bonchev–Trinajstić information content (AvgIpc) is 2.20. The van der Waals surface area contributed by atoms with Crippen molar-refractivity contribution < 1.29 is 28.9 Å². The summed E-state index contributed by atoms with van der Waals surface area (Å²) in [7, 11) is 1.24. The molecule has 0 aliphatic heterocycles. The Labute approximate surface area is 83.7 Å². The van der Waals surface area contributed by atoms with Crippen LogP contribution in [0.25, 0.3) is 0 Å². The minimum Gasteiger partial charge on any atom is -0.505 e. The van der Waals surface area contributed by atoms with Gasteiger partial charge in [0.25, 0.3) is 5.78 Å². The van der Waals surface area contributed by atoms with Gasteiger partial charge in [-0.3, -0.25) is 4.79 Å². The van der Waals surface area contributed by atoms with E-state index in [0.717, 1.165) is 12.1 Å². The second-order valence-electron chi connectivity index (χ2n) is 2.64. The minimum absolute atomic E-state index is 0.00139. The molecule has 0 saturated carbocycles. The third-order valence-corrected chi connectivity index (χ3v) is 1.70. The molecule has 0 heterocycles. The number of methoxy groups -OCH3 is 1. The van der Waals surface area contributed by atoms with E-state index < -0.39 is 28.9 Å². The maximum absolute atomic E-state index is 13.1. The molecule has 80 valence electrons. The van der Waals surface area contributed by atoms with Gasteiger partial charge in [-0.25, -0.2) is 9.18 Å². The zero-order chi connectivity index (χ0) is 11.6. The number of phenols is 1. The number of rotatable bonds is 3. The topological polar surface area (TPSA) is 83.8 Å². The van der Waals surface area contributed by atoms with E-state index in [9.17, 15) is 14.0 Å². The standard InChI is InChI=1S/C9H7FO5/c1-15-4-2-5(8(12)9(13)14)7(10)6(11)3-4/h2-3,11H,1H3,(H,13,14). The van der Waals surface area contributed by atoms with Gasteiger partial charge in [0.1, 0.15) is 5.75 Å². The first kappa shape index (κ1) is 11.0. The van der Waals surface area contributed by atoms with Gasteiger partial charge >= 0.3 is 5.97 Å². The second kappa shape index (κ2) is 3.95. The second-order valence-corrected chi connectivity index (χ2v) is 2.64. The van der Waals surface area contributed by atoms with Gasteiger partial charge in [-0.2, -0.15) is 0 Å². The number of halogens is 1. The number of ketones is 1. The fraction of sp³-hybridized carbons (Fsp3) is 0.111. The van der Waals surface area contributed by atoms with Crippen LogP contribution in [0.2, 0.25) is 0 Å². The normalized spacial score (nSPS) is 9.73. The van der Waals surface area contributed by atoms with E-state index in [-0.39, 0.29) is 5.75 Å². The van der Waals surface area contributed by atoms with Gasteiger partial charge in [0, 0.05) is 6.07 Å². The number of phenolic OH excluding ortho intramolecular Hbond substituents is 1. The fourth-order valence-electron chi connectivity index (χ4n) is 0.982. The Morgan fingerprint density at radius 2 is 2.00 bits per heavy atom. The summed E-state index contributed by atoms with van der Waals surface area (Å²) in [4.78, 5) is 21.3. The van der Waals surface area contributed by atoms with Crippen molar-refractivity contribution in [2.75, 3.05) is 7.11 Å².